The van der Waals surface area contributed by atoms with Crippen molar-refractivity contribution >= 4 is 17.5 Å². The van der Waals surface area contributed by atoms with Gasteiger partial charge in [0.05, 0.1) is 0 Å². The molecule has 1 saturated heterocycles. The number of hydrogen-bond acceptors (Lipinski definition) is 4. The fourth-order valence-electron chi connectivity index (χ4n) is 4.52. The molecule has 0 aliphatic carbocycles. The maximum atomic E-state index is 10.8. The first-order chi connectivity index (χ1) is 13.7. The number of benzene rings is 2. The van der Waals surface area contributed by atoms with E-state index in [1.54, 1.807) is 0 Å². The van der Waals surface area contributed by atoms with E-state index in [-0.39, 0.29) is 6.10 Å². The monoisotopic (exact) mass is 380 g/mol. The predicted molar refractivity (Wildman–Crippen MR) is 110 cm³/mol. The van der Waals surface area contributed by atoms with Crippen LogP contribution in [-0.4, -0.2) is 48.4 Å². The number of rotatable bonds is 5. The summed E-state index contributed by atoms with van der Waals surface area (Å²) in [5, 5.41) is 8.86. The molecule has 5 nitrogen and oxygen atoms in total. The van der Waals surface area contributed by atoms with Gasteiger partial charge in [0.1, 0.15) is 6.10 Å². The molecule has 0 amide bonds. The lowest BCUT2D eigenvalue weighted by Crippen LogP contribution is -2.41. The Morgan fingerprint density at radius 1 is 1.00 bits per heavy atom. The zero-order valence-corrected chi connectivity index (χ0v) is 16.2. The van der Waals surface area contributed by atoms with Gasteiger partial charge in [-0.1, -0.05) is 36.4 Å². The molecule has 4 rings (SSSR count). The fraction of sp³-hybridized carbons (Fsp3) is 0.435. The molecule has 0 bridgehead atoms. The minimum atomic E-state index is -1.16. The van der Waals surface area contributed by atoms with Crippen LogP contribution in [0.15, 0.2) is 48.5 Å². The second-order valence-electron chi connectivity index (χ2n) is 7.71. The van der Waals surface area contributed by atoms with Gasteiger partial charge in [-0.05, 0) is 68.5 Å². The van der Waals surface area contributed by atoms with Gasteiger partial charge < -0.3 is 14.7 Å². The zero-order chi connectivity index (χ0) is 19.3. The number of hydrogen-bond donors (Lipinski definition) is 1. The summed E-state index contributed by atoms with van der Waals surface area (Å²) in [7, 11) is 0. The molecule has 0 spiro atoms. The third-order valence-corrected chi connectivity index (χ3v) is 5.81. The van der Waals surface area contributed by atoms with E-state index in [4.69, 9.17) is 9.84 Å². The lowest BCUT2D eigenvalue weighted by molar-refractivity contribution is 0.0135. The Morgan fingerprint density at radius 2 is 1.64 bits per heavy atom. The normalized spacial score (nSPS) is 19.4. The van der Waals surface area contributed by atoms with Crippen molar-refractivity contribution < 1.29 is 14.6 Å². The van der Waals surface area contributed by atoms with E-state index >= 15 is 0 Å². The molecule has 148 valence electrons. The number of fused-ring (bicyclic) bond motifs is 2. The van der Waals surface area contributed by atoms with Gasteiger partial charge in [0.15, 0.2) is 0 Å². The Labute approximate surface area is 166 Å². The highest BCUT2D eigenvalue weighted by Crippen LogP contribution is 2.35. The molecular formula is C23H28N2O3. The van der Waals surface area contributed by atoms with Gasteiger partial charge in [-0.25, -0.2) is 4.79 Å². The SMILES string of the molecule is O=C(O)O[C@H]1CCCN(CCCN2c3ccccc3CCc3ccccc32)C1. The molecule has 2 aromatic rings. The van der Waals surface area contributed by atoms with Crippen molar-refractivity contribution in [1.82, 2.24) is 4.90 Å². The minimum Gasteiger partial charge on any atom is -0.450 e. The number of aryl methyl sites for hydroxylation is 2. The molecular weight excluding hydrogens is 352 g/mol. The van der Waals surface area contributed by atoms with Crippen molar-refractivity contribution in [2.24, 2.45) is 0 Å². The number of carboxylic acid groups (broad SMARTS) is 1. The lowest BCUT2D eigenvalue weighted by Gasteiger charge is -2.33. The summed E-state index contributed by atoms with van der Waals surface area (Å²) in [4.78, 5) is 15.6. The highest BCUT2D eigenvalue weighted by Gasteiger charge is 2.24. The molecule has 0 aromatic heterocycles. The van der Waals surface area contributed by atoms with Crippen LogP contribution in [0.2, 0.25) is 0 Å². The van der Waals surface area contributed by atoms with Gasteiger partial charge >= 0.3 is 6.16 Å². The van der Waals surface area contributed by atoms with Gasteiger partial charge in [0.25, 0.3) is 0 Å². The minimum absolute atomic E-state index is 0.189. The first kappa shape index (κ1) is 18.8. The zero-order valence-electron chi connectivity index (χ0n) is 16.2. The molecule has 5 heteroatoms. The average molecular weight is 380 g/mol. The molecule has 1 atom stereocenters. The number of para-hydroxylation sites is 2. The van der Waals surface area contributed by atoms with Crippen molar-refractivity contribution in [2.45, 2.75) is 38.2 Å². The first-order valence-corrected chi connectivity index (χ1v) is 10.3. The number of ether oxygens (including phenoxy) is 1. The van der Waals surface area contributed by atoms with Gasteiger partial charge in [-0.3, -0.25) is 4.90 Å². The highest BCUT2D eigenvalue weighted by atomic mass is 16.7. The van der Waals surface area contributed by atoms with Crippen LogP contribution in [0.4, 0.5) is 16.2 Å². The second-order valence-corrected chi connectivity index (χ2v) is 7.71. The third kappa shape index (κ3) is 4.30. The van der Waals surface area contributed by atoms with Crippen LogP contribution in [0, 0.1) is 0 Å². The smallest absolute Gasteiger partial charge is 0.450 e. The van der Waals surface area contributed by atoms with Crippen molar-refractivity contribution in [1.29, 1.82) is 0 Å². The van der Waals surface area contributed by atoms with Crippen molar-refractivity contribution in [3.05, 3.63) is 59.7 Å². The maximum Gasteiger partial charge on any atom is 0.506 e. The van der Waals surface area contributed by atoms with Crippen LogP contribution in [0.1, 0.15) is 30.4 Å². The molecule has 1 fully saturated rings. The van der Waals surface area contributed by atoms with Crippen molar-refractivity contribution in [2.75, 3.05) is 31.1 Å². The molecule has 0 saturated carbocycles. The van der Waals surface area contributed by atoms with Crippen LogP contribution < -0.4 is 4.90 Å². The summed E-state index contributed by atoms with van der Waals surface area (Å²) < 4.78 is 4.99. The quantitative estimate of drug-likeness (QED) is 0.776. The molecule has 1 N–H and O–H groups in total. The van der Waals surface area contributed by atoms with E-state index in [1.807, 2.05) is 0 Å². The molecule has 2 aliphatic heterocycles. The topological polar surface area (TPSA) is 53.0 Å². The molecule has 2 aromatic carbocycles. The molecule has 28 heavy (non-hydrogen) atoms. The number of carbonyl (C=O) groups is 1. The number of likely N-dealkylation sites (tertiary alicyclic amines) is 1. The molecule has 0 radical (unpaired) electrons. The van der Waals surface area contributed by atoms with Crippen LogP contribution in [0.25, 0.3) is 0 Å². The Morgan fingerprint density at radius 3 is 2.29 bits per heavy atom. The van der Waals surface area contributed by atoms with Crippen molar-refractivity contribution in [3.63, 3.8) is 0 Å². The Kier molecular flexibility index (Phi) is 5.81. The Balaban J connectivity index is 1.44. The van der Waals surface area contributed by atoms with Crippen LogP contribution in [0.3, 0.4) is 0 Å². The van der Waals surface area contributed by atoms with Crippen LogP contribution >= 0.6 is 0 Å². The Hall–Kier alpha value is -2.53. The van der Waals surface area contributed by atoms with Crippen molar-refractivity contribution in [3.8, 4) is 0 Å². The first-order valence-electron chi connectivity index (χ1n) is 10.3. The summed E-state index contributed by atoms with van der Waals surface area (Å²) in [6, 6.07) is 17.5. The molecule has 2 heterocycles. The Bertz CT molecular complexity index is 775. The van der Waals surface area contributed by atoms with E-state index < -0.39 is 6.16 Å². The third-order valence-electron chi connectivity index (χ3n) is 5.81. The van der Waals surface area contributed by atoms with Crippen LogP contribution in [-0.2, 0) is 17.6 Å². The van der Waals surface area contributed by atoms with E-state index in [9.17, 15) is 4.79 Å². The number of anilines is 2. The maximum absolute atomic E-state index is 10.8. The summed E-state index contributed by atoms with van der Waals surface area (Å²) in [6.45, 7) is 3.64. The summed E-state index contributed by atoms with van der Waals surface area (Å²) in [6.07, 6.45) is 3.65. The van der Waals surface area contributed by atoms with Crippen LogP contribution in [0.5, 0.6) is 0 Å². The predicted octanol–water partition coefficient (Wildman–Crippen LogP) is 4.47. The molecule has 0 unspecified atom stereocenters. The summed E-state index contributed by atoms with van der Waals surface area (Å²) >= 11 is 0. The van der Waals surface area contributed by atoms with Gasteiger partial charge in [0.2, 0.25) is 0 Å². The number of nitrogens with zero attached hydrogens (tertiary/aromatic N) is 2. The van der Waals surface area contributed by atoms with Gasteiger partial charge in [-0.15, -0.1) is 0 Å². The highest BCUT2D eigenvalue weighted by molar-refractivity contribution is 5.71. The van der Waals surface area contributed by atoms with E-state index in [2.05, 4.69) is 58.3 Å². The van der Waals surface area contributed by atoms with Gasteiger partial charge in [-0.2, -0.15) is 0 Å². The van der Waals surface area contributed by atoms with E-state index in [0.29, 0.717) is 6.54 Å². The lowest BCUT2D eigenvalue weighted by atomic mass is 10.0. The standard InChI is InChI=1S/C23H28N2O3/c26-23(27)28-20-9-5-14-24(17-20)15-6-16-25-21-10-3-1-7-18(21)12-13-19-8-2-4-11-22(19)25/h1-4,7-8,10-11,20H,5-6,9,12-17H2,(H,26,27)/t20-/m0/s1. The molecule has 2 aliphatic rings. The fourth-order valence-corrected chi connectivity index (χ4v) is 4.52. The van der Waals surface area contributed by atoms with E-state index in [0.717, 1.165) is 51.7 Å². The second kappa shape index (κ2) is 8.65. The van der Waals surface area contributed by atoms with E-state index in [1.165, 1.54) is 22.5 Å². The average Bonchev–Trinajstić information content (AvgIpc) is 2.85. The largest absolute Gasteiger partial charge is 0.506 e. The summed E-state index contributed by atoms with van der Waals surface area (Å²) in [5.41, 5.74) is 5.45. The summed E-state index contributed by atoms with van der Waals surface area (Å²) in [5.74, 6) is 0. The van der Waals surface area contributed by atoms with Gasteiger partial charge in [0, 0.05) is 24.5 Å². The number of piperidine rings is 1.